The van der Waals surface area contributed by atoms with Crippen LogP contribution in [0.4, 0.5) is 5.69 Å². The van der Waals surface area contributed by atoms with Gasteiger partial charge in [0.05, 0.1) is 12.1 Å². The number of rotatable bonds is 4. The van der Waals surface area contributed by atoms with Gasteiger partial charge >= 0.3 is 0 Å². The molecule has 100 valence electrons. The number of aromatic nitrogens is 3. The van der Waals surface area contributed by atoms with Gasteiger partial charge in [-0.05, 0) is 24.6 Å². The van der Waals surface area contributed by atoms with E-state index < -0.39 is 0 Å². The standard InChI is InChI=1S/C13H17N5O/c1-9-4-5-10(11(6-9)14-2)13(19)15-7-12-16-8-18(3)17-12/h4-6,8,14H,7H2,1-3H3,(H,15,19). The number of hydrogen-bond donors (Lipinski definition) is 2. The van der Waals surface area contributed by atoms with Gasteiger partial charge < -0.3 is 10.6 Å². The van der Waals surface area contributed by atoms with Gasteiger partial charge in [-0.15, -0.1) is 0 Å². The van der Waals surface area contributed by atoms with Crippen molar-refractivity contribution in [2.24, 2.45) is 7.05 Å². The Hall–Kier alpha value is -2.37. The molecule has 6 nitrogen and oxygen atoms in total. The first-order chi connectivity index (χ1) is 9.10. The summed E-state index contributed by atoms with van der Waals surface area (Å²) in [4.78, 5) is 16.2. The first-order valence-electron chi connectivity index (χ1n) is 6.01. The van der Waals surface area contributed by atoms with Gasteiger partial charge in [-0.1, -0.05) is 6.07 Å². The Morgan fingerprint density at radius 2 is 2.21 bits per heavy atom. The molecule has 2 rings (SSSR count). The van der Waals surface area contributed by atoms with Crippen LogP contribution in [0.25, 0.3) is 0 Å². The lowest BCUT2D eigenvalue weighted by atomic mass is 10.1. The third-order valence-corrected chi connectivity index (χ3v) is 2.74. The molecule has 1 heterocycles. The molecule has 19 heavy (non-hydrogen) atoms. The summed E-state index contributed by atoms with van der Waals surface area (Å²) in [6.07, 6.45) is 1.60. The van der Waals surface area contributed by atoms with Crippen LogP contribution in [0, 0.1) is 6.92 Å². The largest absolute Gasteiger partial charge is 0.387 e. The van der Waals surface area contributed by atoms with Gasteiger partial charge in [-0.2, -0.15) is 5.10 Å². The van der Waals surface area contributed by atoms with Crippen LogP contribution in [-0.2, 0) is 13.6 Å². The monoisotopic (exact) mass is 259 g/mol. The van der Waals surface area contributed by atoms with Crippen molar-refractivity contribution < 1.29 is 4.79 Å². The minimum absolute atomic E-state index is 0.142. The normalized spacial score (nSPS) is 10.3. The van der Waals surface area contributed by atoms with Crippen LogP contribution in [0.3, 0.4) is 0 Å². The van der Waals surface area contributed by atoms with Gasteiger partial charge in [0.1, 0.15) is 6.33 Å². The molecule has 0 aliphatic heterocycles. The highest BCUT2D eigenvalue weighted by Crippen LogP contribution is 2.16. The highest BCUT2D eigenvalue weighted by molar-refractivity contribution is 5.99. The Kier molecular flexibility index (Phi) is 3.79. The van der Waals surface area contributed by atoms with Gasteiger partial charge in [-0.25, -0.2) is 4.98 Å². The predicted octanol–water partition coefficient (Wildman–Crippen LogP) is 1.10. The van der Waals surface area contributed by atoms with Gasteiger partial charge in [0.25, 0.3) is 5.91 Å². The van der Waals surface area contributed by atoms with Crippen LogP contribution in [0.15, 0.2) is 24.5 Å². The van der Waals surface area contributed by atoms with Crippen molar-refractivity contribution in [3.05, 3.63) is 41.5 Å². The number of anilines is 1. The lowest BCUT2D eigenvalue weighted by molar-refractivity contribution is 0.0950. The number of hydrogen-bond acceptors (Lipinski definition) is 4. The second kappa shape index (κ2) is 5.51. The van der Waals surface area contributed by atoms with E-state index in [0.29, 0.717) is 17.9 Å². The van der Waals surface area contributed by atoms with E-state index in [1.165, 1.54) is 0 Å². The smallest absolute Gasteiger partial charge is 0.253 e. The Balaban J connectivity index is 2.07. The molecule has 0 atom stereocenters. The highest BCUT2D eigenvalue weighted by Gasteiger charge is 2.11. The summed E-state index contributed by atoms with van der Waals surface area (Å²) in [7, 11) is 3.59. The first kappa shape index (κ1) is 13.1. The molecule has 0 saturated heterocycles. The number of nitrogens with one attached hydrogen (secondary N) is 2. The molecule has 0 bridgehead atoms. The highest BCUT2D eigenvalue weighted by atomic mass is 16.1. The van der Waals surface area contributed by atoms with E-state index >= 15 is 0 Å². The van der Waals surface area contributed by atoms with Crippen molar-refractivity contribution in [1.82, 2.24) is 20.1 Å². The number of amides is 1. The Morgan fingerprint density at radius 3 is 2.84 bits per heavy atom. The molecule has 1 aromatic carbocycles. The number of carbonyl (C=O) groups excluding carboxylic acids is 1. The molecule has 0 aliphatic carbocycles. The second-order valence-electron chi connectivity index (χ2n) is 4.32. The van der Waals surface area contributed by atoms with Crippen molar-refractivity contribution in [2.45, 2.75) is 13.5 Å². The lowest BCUT2D eigenvalue weighted by Crippen LogP contribution is -2.24. The molecule has 0 spiro atoms. The topological polar surface area (TPSA) is 71.8 Å². The van der Waals surface area contributed by atoms with Crippen LogP contribution < -0.4 is 10.6 Å². The summed E-state index contributed by atoms with van der Waals surface area (Å²) in [5.41, 5.74) is 2.53. The summed E-state index contributed by atoms with van der Waals surface area (Å²) in [5, 5.41) is 9.94. The molecule has 0 saturated carbocycles. The second-order valence-corrected chi connectivity index (χ2v) is 4.32. The average Bonchev–Trinajstić information content (AvgIpc) is 2.81. The molecule has 6 heteroatoms. The predicted molar refractivity (Wildman–Crippen MR) is 72.9 cm³/mol. The Morgan fingerprint density at radius 1 is 1.42 bits per heavy atom. The van der Waals surface area contributed by atoms with Crippen molar-refractivity contribution in [2.75, 3.05) is 12.4 Å². The molecule has 1 aromatic heterocycles. The molecule has 0 radical (unpaired) electrons. The minimum Gasteiger partial charge on any atom is -0.387 e. The average molecular weight is 259 g/mol. The van der Waals surface area contributed by atoms with Crippen LogP contribution in [-0.4, -0.2) is 27.7 Å². The summed E-state index contributed by atoms with van der Waals surface area (Å²) in [6.45, 7) is 2.30. The van der Waals surface area contributed by atoms with Crippen molar-refractivity contribution in [3.63, 3.8) is 0 Å². The van der Waals surface area contributed by atoms with E-state index in [1.54, 1.807) is 25.1 Å². The van der Waals surface area contributed by atoms with E-state index in [1.807, 2.05) is 25.1 Å². The fraction of sp³-hybridized carbons (Fsp3) is 0.308. The van der Waals surface area contributed by atoms with Gasteiger partial charge in [-0.3, -0.25) is 9.48 Å². The van der Waals surface area contributed by atoms with E-state index in [2.05, 4.69) is 20.7 Å². The maximum absolute atomic E-state index is 12.1. The molecule has 2 aromatic rings. The van der Waals surface area contributed by atoms with Crippen molar-refractivity contribution in [3.8, 4) is 0 Å². The number of nitrogens with zero attached hydrogens (tertiary/aromatic N) is 3. The van der Waals surface area contributed by atoms with E-state index in [-0.39, 0.29) is 5.91 Å². The summed E-state index contributed by atoms with van der Waals surface area (Å²) in [5.74, 6) is 0.450. The first-order valence-corrected chi connectivity index (χ1v) is 6.01. The van der Waals surface area contributed by atoms with E-state index in [9.17, 15) is 4.79 Å². The van der Waals surface area contributed by atoms with Gasteiger partial charge in [0.15, 0.2) is 5.82 Å². The molecule has 1 amide bonds. The molecular formula is C13H17N5O. The quantitative estimate of drug-likeness (QED) is 0.862. The van der Waals surface area contributed by atoms with E-state index in [0.717, 1.165) is 11.3 Å². The number of carbonyl (C=O) groups is 1. The van der Waals surface area contributed by atoms with E-state index in [4.69, 9.17) is 0 Å². The van der Waals surface area contributed by atoms with Gasteiger partial charge in [0.2, 0.25) is 0 Å². The number of aryl methyl sites for hydroxylation is 2. The van der Waals surface area contributed by atoms with Crippen LogP contribution in [0.2, 0.25) is 0 Å². The zero-order chi connectivity index (χ0) is 13.8. The molecule has 2 N–H and O–H groups in total. The van der Waals surface area contributed by atoms with Crippen LogP contribution >= 0.6 is 0 Å². The minimum atomic E-state index is -0.142. The zero-order valence-electron chi connectivity index (χ0n) is 11.3. The van der Waals surface area contributed by atoms with Crippen LogP contribution in [0.5, 0.6) is 0 Å². The fourth-order valence-electron chi connectivity index (χ4n) is 1.78. The molecule has 0 unspecified atom stereocenters. The third kappa shape index (κ3) is 3.09. The Labute approximate surface area is 111 Å². The summed E-state index contributed by atoms with van der Waals surface area (Å²) >= 11 is 0. The van der Waals surface area contributed by atoms with Crippen LogP contribution in [0.1, 0.15) is 21.7 Å². The summed E-state index contributed by atoms with van der Waals surface area (Å²) < 4.78 is 1.60. The Bertz CT molecular complexity index is 590. The lowest BCUT2D eigenvalue weighted by Gasteiger charge is -2.09. The molecular weight excluding hydrogens is 242 g/mol. The zero-order valence-corrected chi connectivity index (χ0v) is 11.3. The van der Waals surface area contributed by atoms with Crippen molar-refractivity contribution >= 4 is 11.6 Å². The maximum atomic E-state index is 12.1. The van der Waals surface area contributed by atoms with Gasteiger partial charge in [0, 0.05) is 19.8 Å². The SMILES string of the molecule is CNc1cc(C)ccc1C(=O)NCc1ncn(C)n1. The molecule has 0 fully saturated rings. The number of benzene rings is 1. The third-order valence-electron chi connectivity index (χ3n) is 2.74. The maximum Gasteiger partial charge on any atom is 0.253 e. The molecule has 0 aliphatic rings. The summed E-state index contributed by atoms with van der Waals surface area (Å²) in [6, 6.07) is 5.66. The fourth-order valence-corrected chi connectivity index (χ4v) is 1.78. The van der Waals surface area contributed by atoms with Crippen molar-refractivity contribution in [1.29, 1.82) is 0 Å².